The third-order valence-corrected chi connectivity index (χ3v) is 1.95. The molecule has 11 heavy (non-hydrogen) atoms. The molecular formula is C6H4AgBrN3. The molecule has 0 bridgehead atoms. The molecule has 0 saturated heterocycles. The first-order valence-electron chi connectivity index (χ1n) is 2.83. The molecule has 0 aliphatic heterocycles. The number of nitrogens with zero attached hydrogens (tertiary/aromatic N) is 2. The van der Waals surface area contributed by atoms with Crippen LogP contribution in [0.4, 0.5) is 0 Å². The molecule has 1 radical (unpaired) electrons. The van der Waals surface area contributed by atoms with E-state index in [9.17, 15) is 0 Å². The number of aromatic amines is 1. The number of rotatable bonds is 0. The van der Waals surface area contributed by atoms with Crippen molar-refractivity contribution < 1.29 is 22.4 Å². The molecule has 0 unspecified atom stereocenters. The van der Waals surface area contributed by atoms with Gasteiger partial charge in [0, 0.05) is 26.9 Å². The Morgan fingerprint density at radius 2 is 2.18 bits per heavy atom. The minimum absolute atomic E-state index is 0. The first kappa shape index (κ1) is 8.93. The van der Waals surface area contributed by atoms with Crippen molar-refractivity contribution in [1.29, 1.82) is 0 Å². The Morgan fingerprint density at radius 3 is 2.91 bits per heavy atom. The molecule has 5 heteroatoms. The van der Waals surface area contributed by atoms with Gasteiger partial charge in [0.25, 0.3) is 0 Å². The van der Waals surface area contributed by atoms with Crippen LogP contribution in [0.2, 0.25) is 0 Å². The van der Waals surface area contributed by atoms with E-state index in [4.69, 9.17) is 0 Å². The van der Waals surface area contributed by atoms with E-state index in [2.05, 4.69) is 31.3 Å². The van der Waals surface area contributed by atoms with Crippen molar-refractivity contribution in [2.45, 2.75) is 0 Å². The van der Waals surface area contributed by atoms with Crippen LogP contribution in [0.1, 0.15) is 0 Å². The van der Waals surface area contributed by atoms with E-state index >= 15 is 0 Å². The second-order valence-corrected chi connectivity index (χ2v) is 2.80. The Kier molecular flexibility index (Phi) is 2.84. The third kappa shape index (κ3) is 1.54. The Bertz CT molecular complexity index is 359. The zero-order valence-corrected chi connectivity index (χ0v) is 8.37. The summed E-state index contributed by atoms with van der Waals surface area (Å²) in [5, 5.41) is 10.3. The quantitative estimate of drug-likeness (QED) is 0.753. The fourth-order valence-corrected chi connectivity index (χ4v) is 1.28. The van der Waals surface area contributed by atoms with Gasteiger partial charge in [0.1, 0.15) is 5.52 Å². The van der Waals surface area contributed by atoms with Crippen LogP contribution in [0.5, 0.6) is 0 Å². The molecule has 1 N–H and O–H groups in total. The third-order valence-electron chi connectivity index (χ3n) is 1.31. The summed E-state index contributed by atoms with van der Waals surface area (Å²) in [6, 6.07) is 5.80. The minimum Gasteiger partial charge on any atom is -0.258 e. The summed E-state index contributed by atoms with van der Waals surface area (Å²) in [7, 11) is 0. The number of benzene rings is 1. The van der Waals surface area contributed by atoms with E-state index in [1.165, 1.54) is 0 Å². The average Bonchev–Trinajstić information content (AvgIpc) is 2.36. The van der Waals surface area contributed by atoms with Crippen LogP contribution in [0, 0.1) is 0 Å². The summed E-state index contributed by atoms with van der Waals surface area (Å²) < 4.78 is 0.971. The summed E-state index contributed by atoms with van der Waals surface area (Å²) in [6.45, 7) is 0. The molecule has 0 fully saturated rings. The number of hydrogen-bond donors (Lipinski definition) is 1. The zero-order valence-electron chi connectivity index (χ0n) is 5.31. The van der Waals surface area contributed by atoms with Crippen LogP contribution in [-0.2, 0) is 22.4 Å². The van der Waals surface area contributed by atoms with Gasteiger partial charge in [-0.3, -0.25) is 5.10 Å². The maximum atomic E-state index is 3.87. The van der Waals surface area contributed by atoms with Crippen molar-refractivity contribution in [1.82, 2.24) is 15.4 Å². The largest absolute Gasteiger partial charge is 0.258 e. The molecule has 0 atom stereocenters. The molecular weight excluding hydrogens is 302 g/mol. The van der Waals surface area contributed by atoms with E-state index in [1.807, 2.05) is 18.2 Å². The van der Waals surface area contributed by atoms with E-state index in [1.54, 1.807) is 0 Å². The molecule has 3 nitrogen and oxygen atoms in total. The maximum Gasteiger partial charge on any atom is 0.127 e. The van der Waals surface area contributed by atoms with Gasteiger partial charge in [0.2, 0.25) is 0 Å². The first-order valence-corrected chi connectivity index (χ1v) is 3.62. The monoisotopic (exact) mass is 304 g/mol. The van der Waals surface area contributed by atoms with Crippen molar-refractivity contribution >= 4 is 27.0 Å². The van der Waals surface area contributed by atoms with Gasteiger partial charge in [-0.2, -0.15) is 0 Å². The Balaban J connectivity index is 0.000000605. The standard InChI is InChI=1S/C6H4BrN3.Ag/c7-4-2-1-3-5-6(4)9-10-8-5;/h1-3H,(H,8,9,10);. The molecule has 2 rings (SSSR count). The summed E-state index contributed by atoms with van der Waals surface area (Å²) in [6.07, 6.45) is 0. The van der Waals surface area contributed by atoms with E-state index in [0.29, 0.717) is 0 Å². The number of H-pyrrole nitrogens is 1. The van der Waals surface area contributed by atoms with Gasteiger partial charge < -0.3 is 0 Å². The molecule has 0 aliphatic rings. The summed E-state index contributed by atoms with van der Waals surface area (Å²) in [5.74, 6) is 0. The van der Waals surface area contributed by atoms with Gasteiger partial charge in [-0.1, -0.05) is 11.3 Å². The van der Waals surface area contributed by atoms with Crippen molar-refractivity contribution in [2.24, 2.45) is 0 Å². The van der Waals surface area contributed by atoms with E-state index in [0.717, 1.165) is 15.5 Å². The molecule has 0 spiro atoms. The molecule has 0 amide bonds. The number of nitrogens with one attached hydrogen (secondary N) is 1. The summed E-state index contributed by atoms with van der Waals surface area (Å²) >= 11 is 3.35. The van der Waals surface area contributed by atoms with Gasteiger partial charge in [0.15, 0.2) is 0 Å². The molecule has 0 saturated carbocycles. The summed E-state index contributed by atoms with van der Waals surface area (Å²) in [4.78, 5) is 0. The van der Waals surface area contributed by atoms with Crippen LogP contribution in [0.25, 0.3) is 11.0 Å². The Hall–Kier alpha value is -0.160. The fourth-order valence-electron chi connectivity index (χ4n) is 0.836. The van der Waals surface area contributed by atoms with Crippen LogP contribution < -0.4 is 0 Å². The van der Waals surface area contributed by atoms with Gasteiger partial charge >= 0.3 is 0 Å². The molecule has 1 heterocycles. The zero-order chi connectivity index (χ0) is 6.97. The second kappa shape index (κ2) is 3.49. The topological polar surface area (TPSA) is 41.6 Å². The van der Waals surface area contributed by atoms with Gasteiger partial charge in [-0.05, 0) is 28.1 Å². The van der Waals surface area contributed by atoms with Crippen molar-refractivity contribution in [2.75, 3.05) is 0 Å². The smallest absolute Gasteiger partial charge is 0.127 e. The molecule has 61 valence electrons. The van der Waals surface area contributed by atoms with Crippen molar-refractivity contribution in [3.8, 4) is 0 Å². The van der Waals surface area contributed by atoms with Crippen molar-refractivity contribution in [3.63, 3.8) is 0 Å². The Labute approximate surface area is 87.2 Å². The normalized spacial score (nSPS) is 9.55. The number of halogens is 1. The van der Waals surface area contributed by atoms with Gasteiger partial charge in [-0.15, -0.1) is 5.10 Å². The van der Waals surface area contributed by atoms with E-state index < -0.39 is 0 Å². The minimum atomic E-state index is 0. The van der Waals surface area contributed by atoms with E-state index in [-0.39, 0.29) is 22.4 Å². The predicted molar refractivity (Wildman–Crippen MR) is 41.6 cm³/mol. The number of fused-ring (bicyclic) bond motifs is 1. The number of hydrogen-bond acceptors (Lipinski definition) is 2. The summed E-state index contributed by atoms with van der Waals surface area (Å²) in [5.41, 5.74) is 1.83. The maximum absolute atomic E-state index is 3.87. The van der Waals surface area contributed by atoms with Crippen LogP contribution >= 0.6 is 15.9 Å². The molecule has 1 aromatic carbocycles. The second-order valence-electron chi connectivity index (χ2n) is 1.95. The van der Waals surface area contributed by atoms with Crippen molar-refractivity contribution in [3.05, 3.63) is 22.7 Å². The molecule has 2 aromatic rings. The predicted octanol–water partition coefficient (Wildman–Crippen LogP) is 1.72. The average molecular weight is 306 g/mol. The van der Waals surface area contributed by atoms with Crippen LogP contribution in [0.3, 0.4) is 0 Å². The molecule has 1 aromatic heterocycles. The first-order chi connectivity index (χ1) is 4.88. The fraction of sp³-hybridized carbons (Fsp3) is 0. The SMILES string of the molecule is Brc1cccc2[nH]nnc12.[Ag]. The van der Waals surface area contributed by atoms with Crippen LogP contribution in [-0.4, -0.2) is 15.4 Å². The Morgan fingerprint density at radius 1 is 1.36 bits per heavy atom. The van der Waals surface area contributed by atoms with Gasteiger partial charge in [0.05, 0.1) is 5.52 Å². The van der Waals surface area contributed by atoms with Gasteiger partial charge in [-0.25, -0.2) is 0 Å². The number of aromatic nitrogens is 3. The molecule has 0 aliphatic carbocycles. The van der Waals surface area contributed by atoms with Crippen LogP contribution in [0.15, 0.2) is 22.7 Å².